The summed E-state index contributed by atoms with van der Waals surface area (Å²) in [6.45, 7) is 8.85. The van der Waals surface area contributed by atoms with Gasteiger partial charge in [0.05, 0.1) is 26.9 Å². The Balaban J connectivity index is 1.92. The standard InChI is InChI=1S/C21H31NO10/c1-19(2,3)32-18(25)22-11(16(23)26-6)8-21(17(24)27-7)9-12-14(31-21)15-13(10-28-12)29-20(4,5)30-15/h8,12-15H,9-10H2,1-7H3,(H,22,25)/b11-8-/t12-,13+,14+,15+,21-/m1/s1. The molecule has 0 radical (unpaired) electrons. The minimum Gasteiger partial charge on any atom is -0.467 e. The summed E-state index contributed by atoms with van der Waals surface area (Å²) in [6, 6.07) is 0. The van der Waals surface area contributed by atoms with Crippen LogP contribution in [0.2, 0.25) is 0 Å². The van der Waals surface area contributed by atoms with E-state index in [-0.39, 0.29) is 24.8 Å². The lowest BCUT2D eigenvalue weighted by Crippen LogP contribution is -2.50. The summed E-state index contributed by atoms with van der Waals surface area (Å²) in [5.41, 5.74) is -2.86. The van der Waals surface area contributed by atoms with Crippen molar-refractivity contribution in [1.29, 1.82) is 0 Å². The number of amides is 1. The van der Waals surface area contributed by atoms with Crippen molar-refractivity contribution < 1.29 is 47.5 Å². The third kappa shape index (κ3) is 5.06. The Hall–Kier alpha value is -2.21. The summed E-state index contributed by atoms with van der Waals surface area (Å²) in [6.07, 6.45) is -1.72. The first-order valence-electron chi connectivity index (χ1n) is 10.3. The number of nitrogens with one attached hydrogen (secondary N) is 1. The van der Waals surface area contributed by atoms with Gasteiger partial charge in [0, 0.05) is 6.42 Å². The zero-order valence-corrected chi connectivity index (χ0v) is 19.4. The van der Waals surface area contributed by atoms with Crippen LogP contribution in [-0.4, -0.2) is 80.3 Å². The molecule has 0 spiro atoms. The lowest BCUT2D eigenvalue weighted by atomic mass is 9.93. The monoisotopic (exact) mass is 457 g/mol. The average molecular weight is 457 g/mol. The molecule has 0 saturated carbocycles. The van der Waals surface area contributed by atoms with Gasteiger partial charge in [-0.3, -0.25) is 5.32 Å². The van der Waals surface area contributed by atoms with Crippen LogP contribution in [0.25, 0.3) is 0 Å². The van der Waals surface area contributed by atoms with Gasteiger partial charge in [-0.15, -0.1) is 0 Å². The van der Waals surface area contributed by atoms with Gasteiger partial charge in [-0.25, -0.2) is 14.4 Å². The largest absolute Gasteiger partial charge is 0.467 e. The molecular weight excluding hydrogens is 426 g/mol. The molecule has 3 saturated heterocycles. The van der Waals surface area contributed by atoms with Crippen molar-refractivity contribution in [3.8, 4) is 0 Å². The maximum atomic E-state index is 12.8. The number of carbonyl (C=O) groups excluding carboxylic acids is 3. The van der Waals surface area contributed by atoms with E-state index in [0.717, 1.165) is 7.11 Å². The fraction of sp³-hybridized carbons (Fsp3) is 0.762. The molecule has 0 aromatic rings. The van der Waals surface area contributed by atoms with Gasteiger partial charge >= 0.3 is 18.0 Å². The summed E-state index contributed by atoms with van der Waals surface area (Å²) in [4.78, 5) is 37.5. The SMILES string of the molecule is COC(=O)/C(=C/[C@]1(C(=O)OC)C[C@H]2OC[C@@H]3OC(C)(C)O[C@@H]3[C@H]2O1)NC(=O)OC(C)(C)C. The molecule has 0 aromatic heterocycles. The van der Waals surface area contributed by atoms with E-state index in [1.54, 1.807) is 34.6 Å². The molecule has 3 heterocycles. The van der Waals surface area contributed by atoms with Crippen molar-refractivity contribution in [2.24, 2.45) is 0 Å². The van der Waals surface area contributed by atoms with Gasteiger partial charge in [0.2, 0.25) is 0 Å². The molecule has 1 amide bonds. The molecule has 0 unspecified atom stereocenters. The fourth-order valence-electron chi connectivity index (χ4n) is 4.06. The average Bonchev–Trinajstić information content (AvgIpc) is 3.21. The highest BCUT2D eigenvalue weighted by Gasteiger charge is 2.61. The van der Waals surface area contributed by atoms with Crippen molar-refractivity contribution in [3.63, 3.8) is 0 Å². The summed E-state index contributed by atoms with van der Waals surface area (Å²) in [7, 11) is 2.34. The number of hydrogen-bond acceptors (Lipinski definition) is 10. The van der Waals surface area contributed by atoms with Gasteiger partial charge in [0.1, 0.15) is 29.6 Å². The van der Waals surface area contributed by atoms with E-state index in [1.165, 1.54) is 13.2 Å². The van der Waals surface area contributed by atoms with Crippen LogP contribution in [0.1, 0.15) is 41.0 Å². The minimum absolute atomic E-state index is 0.0356. The first kappa shape index (κ1) is 24.4. The summed E-state index contributed by atoms with van der Waals surface area (Å²) < 4.78 is 38.8. The third-order valence-corrected chi connectivity index (χ3v) is 5.19. The van der Waals surface area contributed by atoms with Crippen LogP contribution in [0, 0.1) is 0 Å². The number of rotatable bonds is 4. The van der Waals surface area contributed by atoms with Crippen molar-refractivity contribution in [2.45, 2.75) is 82.4 Å². The molecule has 180 valence electrons. The summed E-state index contributed by atoms with van der Waals surface area (Å²) in [5.74, 6) is -2.49. The van der Waals surface area contributed by atoms with Crippen LogP contribution >= 0.6 is 0 Å². The summed E-state index contributed by atoms with van der Waals surface area (Å²) >= 11 is 0. The molecule has 0 aromatic carbocycles. The number of methoxy groups -OCH3 is 2. The smallest absolute Gasteiger partial charge is 0.412 e. The van der Waals surface area contributed by atoms with Crippen molar-refractivity contribution >= 4 is 18.0 Å². The Morgan fingerprint density at radius 1 is 1.00 bits per heavy atom. The highest BCUT2D eigenvalue weighted by Crippen LogP contribution is 2.44. The number of carbonyl (C=O) groups is 3. The summed E-state index contributed by atoms with van der Waals surface area (Å²) in [5, 5.41) is 2.34. The molecule has 11 heteroatoms. The van der Waals surface area contributed by atoms with E-state index >= 15 is 0 Å². The maximum absolute atomic E-state index is 12.8. The predicted molar refractivity (Wildman–Crippen MR) is 107 cm³/mol. The second kappa shape index (κ2) is 8.62. The number of esters is 2. The molecule has 3 aliphatic heterocycles. The van der Waals surface area contributed by atoms with Crippen LogP contribution < -0.4 is 5.32 Å². The Morgan fingerprint density at radius 3 is 2.25 bits per heavy atom. The molecule has 0 aliphatic carbocycles. The van der Waals surface area contributed by atoms with E-state index in [1.807, 2.05) is 0 Å². The molecule has 11 nitrogen and oxygen atoms in total. The second-order valence-electron chi connectivity index (χ2n) is 9.35. The van der Waals surface area contributed by atoms with E-state index in [9.17, 15) is 14.4 Å². The van der Waals surface area contributed by atoms with Gasteiger partial charge in [0.15, 0.2) is 11.4 Å². The van der Waals surface area contributed by atoms with Gasteiger partial charge in [-0.1, -0.05) is 0 Å². The highest BCUT2D eigenvalue weighted by atomic mass is 16.8. The van der Waals surface area contributed by atoms with Crippen LogP contribution in [-0.2, 0) is 42.7 Å². The topological polar surface area (TPSA) is 128 Å². The Morgan fingerprint density at radius 2 is 1.66 bits per heavy atom. The van der Waals surface area contributed by atoms with Crippen LogP contribution in [0.5, 0.6) is 0 Å². The fourth-order valence-corrected chi connectivity index (χ4v) is 4.06. The van der Waals surface area contributed by atoms with Crippen molar-refractivity contribution in [1.82, 2.24) is 5.32 Å². The molecule has 3 rings (SSSR count). The molecule has 1 N–H and O–H groups in total. The Kier molecular flexibility index (Phi) is 6.58. The molecule has 5 atom stereocenters. The predicted octanol–water partition coefficient (Wildman–Crippen LogP) is 1.19. The highest BCUT2D eigenvalue weighted by molar-refractivity contribution is 5.94. The minimum atomic E-state index is -1.73. The lowest BCUT2D eigenvalue weighted by Gasteiger charge is -2.32. The normalized spacial score (nSPS) is 33.7. The van der Waals surface area contributed by atoms with Crippen LogP contribution in [0.4, 0.5) is 4.79 Å². The van der Waals surface area contributed by atoms with Gasteiger partial charge in [-0.05, 0) is 40.7 Å². The van der Waals surface area contributed by atoms with E-state index in [0.29, 0.717) is 0 Å². The van der Waals surface area contributed by atoms with Crippen LogP contribution in [0.15, 0.2) is 11.8 Å². The number of ether oxygens (including phenoxy) is 7. The van der Waals surface area contributed by atoms with Crippen LogP contribution in [0.3, 0.4) is 0 Å². The molecule has 3 aliphatic rings. The van der Waals surface area contributed by atoms with Crippen molar-refractivity contribution in [2.75, 3.05) is 20.8 Å². The first-order valence-corrected chi connectivity index (χ1v) is 10.3. The van der Waals surface area contributed by atoms with Gasteiger partial charge in [0.25, 0.3) is 0 Å². The van der Waals surface area contributed by atoms with E-state index in [4.69, 9.17) is 33.2 Å². The van der Waals surface area contributed by atoms with E-state index < -0.39 is 53.3 Å². The van der Waals surface area contributed by atoms with Gasteiger partial charge in [-0.2, -0.15) is 0 Å². The lowest BCUT2D eigenvalue weighted by molar-refractivity contribution is -0.179. The molecular formula is C21H31NO10. The zero-order chi connectivity index (χ0) is 23.9. The number of fused-ring (bicyclic) bond motifs is 3. The zero-order valence-electron chi connectivity index (χ0n) is 19.4. The first-order chi connectivity index (χ1) is 14.8. The second-order valence-corrected chi connectivity index (χ2v) is 9.35. The quantitative estimate of drug-likeness (QED) is 0.373. The molecule has 32 heavy (non-hydrogen) atoms. The van der Waals surface area contributed by atoms with Gasteiger partial charge < -0.3 is 33.2 Å². The number of alkyl carbamates (subject to hydrolysis) is 1. The number of hydrogen-bond donors (Lipinski definition) is 1. The molecule has 3 fully saturated rings. The van der Waals surface area contributed by atoms with E-state index in [2.05, 4.69) is 5.32 Å². The molecule has 0 bridgehead atoms. The Labute approximate surface area is 186 Å². The Bertz CT molecular complexity index is 801. The van der Waals surface area contributed by atoms with Crippen molar-refractivity contribution in [3.05, 3.63) is 11.8 Å². The third-order valence-electron chi connectivity index (χ3n) is 5.19. The maximum Gasteiger partial charge on any atom is 0.412 e.